The lowest BCUT2D eigenvalue weighted by Gasteiger charge is -2.03. The SMILES string of the molecule is Nc1c(I)cnc2cc(Br)ccc12. The number of benzene rings is 1. The second-order valence-electron chi connectivity index (χ2n) is 2.68. The fraction of sp³-hybridized carbons (Fsp3) is 0. The summed E-state index contributed by atoms with van der Waals surface area (Å²) in [4.78, 5) is 4.28. The Morgan fingerprint density at radius 1 is 1.38 bits per heavy atom. The maximum atomic E-state index is 5.91. The molecular weight excluding hydrogens is 343 g/mol. The van der Waals surface area contributed by atoms with Gasteiger partial charge >= 0.3 is 0 Å². The monoisotopic (exact) mass is 348 g/mol. The van der Waals surface area contributed by atoms with Crippen LogP contribution in [-0.2, 0) is 0 Å². The van der Waals surface area contributed by atoms with Crippen molar-refractivity contribution in [3.05, 3.63) is 32.4 Å². The molecule has 0 unspecified atom stereocenters. The number of hydrogen-bond donors (Lipinski definition) is 1. The van der Waals surface area contributed by atoms with Gasteiger partial charge in [0.1, 0.15) is 0 Å². The number of nitrogen functional groups attached to an aromatic ring is 1. The zero-order chi connectivity index (χ0) is 9.42. The minimum absolute atomic E-state index is 0.804. The molecule has 0 saturated heterocycles. The lowest BCUT2D eigenvalue weighted by atomic mass is 10.2. The summed E-state index contributed by atoms with van der Waals surface area (Å²) in [5, 5.41) is 1.01. The van der Waals surface area contributed by atoms with E-state index in [1.165, 1.54) is 0 Å². The van der Waals surface area contributed by atoms with Crippen LogP contribution in [0.2, 0.25) is 0 Å². The van der Waals surface area contributed by atoms with Crippen LogP contribution >= 0.6 is 38.5 Å². The first-order valence-electron chi connectivity index (χ1n) is 3.68. The molecule has 0 aliphatic rings. The fourth-order valence-electron chi connectivity index (χ4n) is 1.16. The van der Waals surface area contributed by atoms with Gasteiger partial charge in [0.05, 0.1) is 14.8 Å². The summed E-state index contributed by atoms with van der Waals surface area (Å²) in [5.74, 6) is 0. The molecule has 0 saturated carbocycles. The van der Waals surface area contributed by atoms with E-state index in [0.29, 0.717) is 0 Å². The number of hydrogen-bond acceptors (Lipinski definition) is 2. The van der Waals surface area contributed by atoms with Gasteiger partial charge in [-0.3, -0.25) is 4.98 Å². The molecule has 0 amide bonds. The summed E-state index contributed by atoms with van der Waals surface area (Å²) in [6.45, 7) is 0. The average Bonchev–Trinajstić information content (AvgIpc) is 2.12. The van der Waals surface area contributed by atoms with Gasteiger partial charge in [-0.2, -0.15) is 0 Å². The number of halogens is 2. The molecule has 0 radical (unpaired) electrons. The van der Waals surface area contributed by atoms with Crippen molar-refractivity contribution in [1.82, 2.24) is 4.98 Å². The van der Waals surface area contributed by atoms with Crippen molar-refractivity contribution in [1.29, 1.82) is 0 Å². The Kier molecular flexibility index (Phi) is 2.42. The zero-order valence-corrected chi connectivity index (χ0v) is 10.3. The second kappa shape index (κ2) is 3.42. The fourth-order valence-corrected chi connectivity index (χ4v) is 1.94. The van der Waals surface area contributed by atoms with E-state index in [1.54, 1.807) is 6.20 Å². The van der Waals surface area contributed by atoms with Gasteiger partial charge in [0, 0.05) is 16.1 Å². The number of nitrogens with zero attached hydrogens (tertiary/aromatic N) is 1. The normalized spacial score (nSPS) is 10.6. The molecule has 0 aliphatic carbocycles. The van der Waals surface area contributed by atoms with E-state index in [4.69, 9.17) is 5.73 Å². The molecule has 2 aromatic rings. The number of nitrogens with two attached hydrogens (primary N) is 1. The Bertz CT molecular complexity index is 470. The molecule has 4 heteroatoms. The highest BCUT2D eigenvalue weighted by Gasteiger charge is 2.02. The van der Waals surface area contributed by atoms with Crippen LogP contribution in [0.4, 0.5) is 5.69 Å². The number of fused-ring (bicyclic) bond motifs is 1. The van der Waals surface area contributed by atoms with E-state index in [0.717, 1.165) is 24.6 Å². The van der Waals surface area contributed by atoms with Crippen LogP contribution in [0.5, 0.6) is 0 Å². The minimum Gasteiger partial charge on any atom is -0.397 e. The van der Waals surface area contributed by atoms with Gasteiger partial charge in [0.2, 0.25) is 0 Å². The van der Waals surface area contributed by atoms with E-state index in [9.17, 15) is 0 Å². The maximum Gasteiger partial charge on any atom is 0.0734 e. The van der Waals surface area contributed by atoms with Gasteiger partial charge in [0.15, 0.2) is 0 Å². The summed E-state index contributed by atoms with van der Waals surface area (Å²) in [5.41, 5.74) is 7.63. The van der Waals surface area contributed by atoms with Gasteiger partial charge in [0.25, 0.3) is 0 Å². The van der Waals surface area contributed by atoms with Crippen molar-refractivity contribution in [2.75, 3.05) is 5.73 Å². The first-order chi connectivity index (χ1) is 6.18. The van der Waals surface area contributed by atoms with Gasteiger partial charge in [-0.1, -0.05) is 15.9 Å². The highest BCUT2D eigenvalue weighted by Crippen LogP contribution is 2.26. The van der Waals surface area contributed by atoms with Gasteiger partial charge in [-0.25, -0.2) is 0 Å². The van der Waals surface area contributed by atoms with Gasteiger partial charge < -0.3 is 5.73 Å². The Morgan fingerprint density at radius 3 is 2.92 bits per heavy atom. The number of anilines is 1. The van der Waals surface area contributed by atoms with Crippen molar-refractivity contribution in [2.45, 2.75) is 0 Å². The summed E-state index contributed by atoms with van der Waals surface area (Å²) >= 11 is 5.57. The summed E-state index contributed by atoms with van der Waals surface area (Å²) in [7, 11) is 0. The third kappa shape index (κ3) is 1.65. The average molecular weight is 349 g/mol. The molecule has 1 aromatic heterocycles. The Hall–Kier alpha value is -0.360. The van der Waals surface area contributed by atoms with Gasteiger partial charge in [-0.15, -0.1) is 0 Å². The van der Waals surface area contributed by atoms with Crippen LogP contribution in [0.3, 0.4) is 0 Å². The van der Waals surface area contributed by atoms with E-state index in [-0.39, 0.29) is 0 Å². The Labute approximate surface area is 97.8 Å². The third-order valence-electron chi connectivity index (χ3n) is 1.82. The smallest absolute Gasteiger partial charge is 0.0734 e. The zero-order valence-electron chi connectivity index (χ0n) is 6.59. The Balaban J connectivity index is 2.87. The van der Waals surface area contributed by atoms with Crippen LogP contribution in [0.25, 0.3) is 10.9 Å². The molecule has 1 aromatic carbocycles. The molecule has 2 N–H and O–H groups in total. The van der Waals surface area contributed by atoms with Gasteiger partial charge in [-0.05, 0) is 40.8 Å². The van der Waals surface area contributed by atoms with Crippen molar-refractivity contribution < 1.29 is 0 Å². The van der Waals surface area contributed by atoms with Crippen LogP contribution < -0.4 is 5.73 Å². The predicted molar refractivity (Wildman–Crippen MR) is 66.6 cm³/mol. The van der Waals surface area contributed by atoms with E-state index < -0.39 is 0 Å². The first-order valence-corrected chi connectivity index (χ1v) is 5.55. The molecule has 1 heterocycles. The summed E-state index contributed by atoms with van der Waals surface area (Å²) in [6, 6.07) is 5.90. The molecule has 0 aliphatic heterocycles. The van der Waals surface area contributed by atoms with Crippen LogP contribution in [0.15, 0.2) is 28.9 Å². The molecule has 2 nitrogen and oxygen atoms in total. The first kappa shape index (κ1) is 9.21. The van der Waals surface area contributed by atoms with Crippen LogP contribution in [-0.4, -0.2) is 4.98 Å². The largest absolute Gasteiger partial charge is 0.397 e. The predicted octanol–water partition coefficient (Wildman–Crippen LogP) is 3.18. The third-order valence-corrected chi connectivity index (χ3v) is 3.18. The topological polar surface area (TPSA) is 38.9 Å². The molecule has 0 fully saturated rings. The van der Waals surface area contributed by atoms with E-state index in [2.05, 4.69) is 43.5 Å². The molecule has 0 bridgehead atoms. The summed E-state index contributed by atoms with van der Waals surface area (Å²) in [6.07, 6.45) is 1.78. The Morgan fingerprint density at radius 2 is 2.15 bits per heavy atom. The van der Waals surface area contributed by atoms with Crippen LogP contribution in [0, 0.1) is 3.57 Å². The standard InChI is InChI=1S/C9H6BrIN2/c10-5-1-2-6-8(3-5)13-4-7(11)9(6)12/h1-4H,(H2,12,13). The molecule has 0 spiro atoms. The number of pyridine rings is 1. The minimum atomic E-state index is 0.804. The molecule has 2 rings (SSSR count). The molecule has 13 heavy (non-hydrogen) atoms. The van der Waals surface area contributed by atoms with Crippen molar-refractivity contribution >= 4 is 55.1 Å². The molecule has 66 valence electrons. The van der Waals surface area contributed by atoms with E-state index in [1.807, 2.05) is 18.2 Å². The van der Waals surface area contributed by atoms with Crippen molar-refractivity contribution in [2.24, 2.45) is 0 Å². The van der Waals surface area contributed by atoms with Crippen molar-refractivity contribution in [3.63, 3.8) is 0 Å². The van der Waals surface area contributed by atoms with Crippen LogP contribution in [0.1, 0.15) is 0 Å². The lowest BCUT2D eigenvalue weighted by Crippen LogP contribution is -1.92. The highest BCUT2D eigenvalue weighted by molar-refractivity contribution is 14.1. The highest BCUT2D eigenvalue weighted by atomic mass is 127. The number of rotatable bonds is 0. The second-order valence-corrected chi connectivity index (χ2v) is 4.76. The molecular formula is C9H6BrIN2. The molecule has 0 atom stereocenters. The quantitative estimate of drug-likeness (QED) is 0.742. The maximum absolute atomic E-state index is 5.91. The van der Waals surface area contributed by atoms with E-state index >= 15 is 0 Å². The van der Waals surface area contributed by atoms with Crippen molar-refractivity contribution in [3.8, 4) is 0 Å². The lowest BCUT2D eigenvalue weighted by molar-refractivity contribution is 1.38. The summed E-state index contributed by atoms with van der Waals surface area (Å²) < 4.78 is 2.01. The number of aromatic nitrogens is 1.